The standard InChI is InChI=1S/C17H17N5/c1-14-2-4-16(5-3-14)11-21(22-13-19-12-20-22)17-8-6-15(10-18)7-9-17/h2-4,6-9,12-13,16H,5,11H2,1H3. The van der Waals surface area contributed by atoms with Crippen molar-refractivity contribution in [3.05, 3.63) is 66.3 Å². The van der Waals surface area contributed by atoms with Crippen LogP contribution in [0.2, 0.25) is 0 Å². The summed E-state index contributed by atoms with van der Waals surface area (Å²) in [4.78, 5) is 5.77. The van der Waals surface area contributed by atoms with Crippen LogP contribution in [0.15, 0.2) is 60.7 Å². The molecular weight excluding hydrogens is 274 g/mol. The fourth-order valence-electron chi connectivity index (χ4n) is 2.47. The molecule has 0 amide bonds. The van der Waals surface area contributed by atoms with Crippen molar-refractivity contribution in [2.24, 2.45) is 5.92 Å². The number of nitrogens with zero attached hydrogens (tertiary/aromatic N) is 5. The lowest BCUT2D eigenvalue weighted by Gasteiger charge is -2.28. The fraction of sp³-hybridized carbons (Fsp3) is 0.235. The third-order valence-electron chi connectivity index (χ3n) is 3.73. The van der Waals surface area contributed by atoms with Crippen LogP contribution in [-0.4, -0.2) is 21.4 Å². The van der Waals surface area contributed by atoms with Gasteiger partial charge in [0, 0.05) is 12.5 Å². The van der Waals surface area contributed by atoms with Crippen LogP contribution in [0, 0.1) is 17.2 Å². The van der Waals surface area contributed by atoms with E-state index in [9.17, 15) is 0 Å². The average Bonchev–Trinajstić information content (AvgIpc) is 3.09. The average molecular weight is 291 g/mol. The first-order valence-corrected chi connectivity index (χ1v) is 7.24. The summed E-state index contributed by atoms with van der Waals surface area (Å²) < 4.78 is 0. The maximum Gasteiger partial charge on any atom is 0.139 e. The first-order chi connectivity index (χ1) is 10.8. The highest BCUT2D eigenvalue weighted by atomic mass is 15.7. The summed E-state index contributed by atoms with van der Waals surface area (Å²) in [6.45, 7) is 2.91. The molecule has 1 aromatic heterocycles. The zero-order chi connectivity index (χ0) is 15.4. The van der Waals surface area contributed by atoms with Crippen LogP contribution < -0.4 is 5.01 Å². The Balaban J connectivity index is 1.84. The highest BCUT2D eigenvalue weighted by Crippen LogP contribution is 2.22. The first kappa shape index (κ1) is 14.1. The van der Waals surface area contributed by atoms with Crippen LogP contribution >= 0.6 is 0 Å². The van der Waals surface area contributed by atoms with Gasteiger partial charge in [-0.05, 0) is 37.6 Å². The number of hydrogen-bond acceptors (Lipinski definition) is 4. The van der Waals surface area contributed by atoms with E-state index in [1.807, 2.05) is 24.3 Å². The zero-order valence-corrected chi connectivity index (χ0v) is 12.4. The number of rotatable bonds is 4. The Labute approximate surface area is 129 Å². The molecule has 0 radical (unpaired) electrons. The minimum absolute atomic E-state index is 0.420. The molecule has 0 fully saturated rings. The largest absolute Gasteiger partial charge is 0.263 e. The van der Waals surface area contributed by atoms with E-state index >= 15 is 0 Å². The summed E-state index contributed by atoms with van der Waals surface area (Å²) in [5.74, 6) is 0.420. The Morgan fingerprint density at radius 1 is 1.36 bits per heavy atom. The van der Waals surface area contributed by atoms with Crippen molar-refractivity contribution in [1.82, 2.24) is 14.9 Å². The molecule has 0 aliphatic heterocycles. The van der Waals surface area contributed by atoms with Gasteiger partial charge in [-0.3, -0.25) is 5.01 Å². The summed E-state index contributed by atoms with van der Waals surface area (Å²) in [6, 6.07) is 9.66. The molecular formula is C17H17N5. The number of anilines is 1. The zero-order valence-electron chi connectivity index (χ0n) is 12.4. The lowest BCUT2D eigenvalue weighted by atomic mass is 9.97. The molecule has 1 aliphatic carbocycles. The van der Waals surface area contributed by atoms with Crippen molar-refractivity contribution >= 4 is 5.69 Å². The monoisotopic (exact) mass is 291 g/mol. The predicted molar refractivity (Wildman–Crippen MR) is 84.9 cm³/mol. The van der Waals surface area contributed by atoms with Crippen LogP contribution in [0.25, 0.3) is 0 Å². The van der Waals surface area contributed by atoms with Crippen molar-refractivity contribution in [2.45, 2.75) is 13.3 Å². The molecule has 5 nitrogen and oxygen atoms in total. The Bertz CT molecular complexity index is 719. The molecule has 5 heteroatoms. The Hall–Kier alpha value is -2.87. The van der Waals surface area contributed by atoms with E-state index in [2.05, 4.69) is 46.3 Å². The van der Waals surface area contributed by atoms with Crippen molar-refractivity contribution in [3.8, 4) is 6.07 Å². The van der Waals surface area contributed by atoms with Gasteiger partial charge in [-0.25, -0.2) is 4.98 Å². The molecule has 0 saturated carbocycles. The Morgan fingerprint density at radius 3 is 2.77 bits per heavy atom. The van der Waals surface area contributed by atoms with Gasteiger partial charge in [0.25, 0.3) is 0 Å². The topological polar surface area (TPSA) is 57.7 Å². The van der Waals surface area contributed by atoms with Gasteiger partial charge < -0.3 is 0 Å². The molecule has 1 unspecified atom stereocenters. The second kappa shape index (κ2) is 6.27. The SMILES string of the molecule is CC1=CCC(CN(c2ccc(C#N)cc2)n2cncn2)C=C1. The van der Waals surface area contributed by atoms with Crippen LogP contribution in [0.3, 0.4) is 0 Å². The summed E-state index contributed by atoms with van der Waals surface area (Å²) in [7, 11) is 0. The third-order valence-corrected chi connectivity index (χ3v) is 3.73. The van der Waals surface area contributed by atoms with E-state index < -0.39 is 0 Å². The van der Waals surface area contributed by atoms with Crippen LogP contribution in [0.5, 0.6) is 0 Å². The maximum atomic E-state index is 8.93. The van der Waals surface area contributed by atoms with E-state index in [0.717, 1.165) is 18.7 Å². The van der Waals surface area contributed by atoms with E-state index in [0.29, 0.717) is 11.5 Å². The predicted octanol–water partition coefficient (Wildman–Crippen LogP) is 2.94. The second-order valence-electron chi connectivity index (χ2n) is 5.36. The van der Waals surface area contributed by atoms with E-state index in [1.165, 1.54) is 11.9 Å². The molecule has 1 atom stereocenters. The molecule has 2 aromatic rings. The molecule has 1 heterocycles. The summed E-state index contributed by atoms with van der Waals surface area (Å²) in [5.41, 5.74) is 2.95. The van der Waals surface area contributed by atoms with Gasteiger partial charge in [-0.1, -0.05) is 23.8 Å². The van der Waals surface area contributed by atoms with Crippen LogP contribution in [0.1, 0.15) is 18.9 Å². The van der Waals surface area contributed by atoms with E-state index in [4.69, 9.17) is 5.26 Å². The molecule has 1 aromatic carbocycles. The highest BCUT2D eigenvalue weighted by Gasteiger charge is 2.16. The molecule has 0 bridgehead atoms. The molecule has 1 aliphatic rings. The van der Waals surface area contributed by atoms with Gasteiger partial charge in [-0.2, -0.15) is 10.1 Å². The third kappa shape index (κ3) is 3.07. The summed E-state index contributed by atoms with van der Waals surface area (Å²) in [6.07, 6.45) is 10.9. The minimum atomic E-state index is 0.420. The fourth-order valence-corrected chi connectivity index (χ4v) is 2.47. The molecule has 110 valence electrons. The number of nitriles is 1. The van der Waals surface area contributed by atoms with Gasteiger partial charge in [0.15, 0.2) is 0 Å². The van der Waals surface area contributed by atoms with Crippen molar-refractivity contribution in [3.63, 3.8) is 0 Å². The maximum absolute atomic E-state index is 8.93. The van der Waals surface area contributed by atoms with Crippen molar-refractivity contribution < 1.29 is 0 Å². The van der Waals surface area contributed by atoms with Crippen molar-refractivity contribution in [2.75, 3.05) is 11.6 Å². The highest BCUT2D eigenvalue weighted by molar-refractivity contribution is 5.49. The normalized spacial score (nSPS) is 16.9. The molecule has 22 heavy (non-hydrogen) atoms. The van der Waals surface area contributed by atoms with E-state index in [-0.39, 0.29) is 0 Å². The lowest BCUT2D eigenvalue weighted by molar-refractivity contribution is 0.537. The first-order valence-electron chi connectivity index (χ1n) is 7.24. The second-order valence-corrected chi connectivity index (χ2v) is 5.36. The van der Waals surface area contributed by atoms with Crippen LogP contribution in [-0.2, 0) is 0 Å². The molecule has 0 saturated heterocycles. The van der Waals surface area contributed by atoms with Crippen LogP contribution in [0.4, 0.5) is 5.69 Å². The molecule has 3 rings (SSSR count). The van der Waals surface area contributed by atoms with Gasteiger partial charge in [0.1, 0.15) is 12.7 Å². The number of aromatic nitrogens is 3. The number of benzene rings is 1. The summed E-state index contributed by atoms with van der Waals surface area (Å²) in [5, 5.41) is 15.2. The van der Waals surface area contributed by atoms with Gasteiger partial charge >= 0.3 is 0 Å². The minimum Gasteiger partial charge on any atom is -0.263 e. The summed E-state index contributed by atoms with van der Waals surface area (Å²) >= 11 is 0. The van der Waals surface area contributed by atoms with Gasteiger partial charge in [0.05, 0.1) is 17.3 Å². The van der Waals surface area contributed by atoms with Gasteiger partial charge in [0.2, 0.25) is 0 Å². The van der Waals surface area contributed by atoms with Gasteiger partial charge in [-0.15, -0.1) is 5.10 Å². The number of allylic oxidation sites excluding steroid dienone is 3. The lowest BCUT2D eigenvalue weighted by Crippen LogP contribution is -2.34. The Morgan fingerprint density at radius 2 is 2.18 bits per heavy atom. The number of hydrogen-bond donors (Lipinski definition) is 0. The molecule has 0 N–H and O–H groups in total. The van der Waals surface area contributed by atoms with Crippen molar-refractivity contribution in [1.29, 1.82) is 5.26 Å². The Kier molecular flexibility index (Phi) is 4.01. The molecule has 0 spiro atoms. The quantitative estimate of drug-likeness (QED) is 0.869. The smallest absolute Gasteiger partial charge is 0.139 e. The van der Waals surface area contributed by atoms with E-state index in [1.54, 1.807) is 11.1 Å².